The maximum Gasteiger partial charge on any atom is 0.104 e. The normalized spacial score (nSPS) is 14.5. The van der Waals surface area contributed by atoms with Crippen molar-refractivity contribution in [3.63, 3.8) is 0 Å². The Morgan fingerprint density at radius 3 is 2.33 bits per heavy atom. The van der Waals surface area contributed by atoms with Crippen LogP contribution in [0.1, 0.15) is 13.3 Å². The van der Waals surface area contributed by atoms with Crippen LogP contribution in [0.4, 0.5) is 4.39 Å². The molecule has 0 radical (unpaired) electrons. The fraction of sp³-hybridized carbons (Fsp3) is 1.00. The molecule has 6 heavy (non-hydrogen) atoms. The third-order valence-electron chi connectivity index (χ3n) is 0.723. The molecule has 1 atom stereocenters. The second kappa shape index (κ2) is 3.09. The molecule has 0 saturated heterocycles. The third-order valence-corrected chi connectivity index (χ3v) is 0.723. The summed E-state index contributed by atoms with van der Waals surface area (Å²) in [6.07, 6.45) is 0.733. The van der Waals surface area contributed by atoms with Crippen LogP contribution in [0.15, 0.2) is 0 Å². The largest absolute Gasteiger partial charge is 0.325 e. The van der Waals surface area contributed by atoms with Crippen molar-refractivity contribution >= 4 is 0 Å². The topological polar surface area (TPSA) is 26.0 Å². The Morgan fingerprint density at radius 1 is 1.83 bits per heavy atom. The smallest absolute Gasteiger partial charge is 0.104 e. The van der Waals surface area contributed by atoms with Gasteiger partial charge in [-0.15, -0.1) is 0 Å². The zero-order valence-corrected chi connectivity index (χ0v) is 3.95. The van der Waals surface area contributed by atoms with Crippen LogP contribution in [-0.2, 0) is 0 Å². The Labute approximate surface area is 37.3 Å². The van der Waals surface area contributed by atoms with Crippen molar-refractivity contribution in [1.82, 2.24) is 0 Å². The zero-order chi connectivity index (χ0) is 4.99. The maximum atomic E-state index is 11.3. The highest BCUT2D eigenvalue weighted by Gasteiger charge is 1.92. The molecule has 0 amide bonds. The second-order valence-corrected chi connectivity index (χ2v) is 1.32. The molecule has 0 aromatic rings. The monoisotopic (exact) mass is 91.1 g/mol. The summed E-state index contributed by atoms with van der Waals surface area (Å²) in [6.45, 7) is 1.47. The van der Waals surface area contributed by atoms with Gasteiger partial charge in [0.15, 0.2) is 0 Å². The summed E-state index contributed by atoms with van der Waals surface area (Å²) in [7, 11) is 0. The molecular weight excluding hydrogens is 81.0 g/mol. The van der Waals surface area contributed by atoms with Gasteiger partial charge in [-0.1, -0.05) is 6.92 Å². The van der Waals surface area contributed by atoms with E-state index < -0.39 is 6.67 Å². The van der Waals surface area contributed by atoms with E-state index in [0.717, 1.165) is 6.42 Å². The van der Waals surface area contributed by atoms with Crippen molar-refractivity contribution < 1.29 is 4.39 Å². The molecule has 0 unspecified atom stereocenters. The van der Waals surface area contributed by atoms with E-state index in [-0.39, 0.29) is 6.04 Å². The van der Waals surface area contributed by atoms with E-state index >= 15 is 0 Å². The fourth-order valence-electron chi connectivity index (χ4n) is 0.109. The van der Waals surface area contributed by atoms with E-state index in [9.17, 15) is 4.39 Å². The van der Waals surface area contributed by atoms with E-state index in [0.29, 0.717) is 0 Å². The van der Waals surface area contributed by atoms with Crippen LogP contribution in [0.25, 0.3) is 0 Å². The van der Waals surface area contributed by atoms with E-state index in [1.54, 1.807) is 0 Å². The molecule has 38 valence electrons. The van der Waals surface area contributed by atoms with Gasteiger partial charge in [-0.3, -0.25) is 0 Å². The Kier molecular flexibility index (Phi) is 3.04. The summed E-state index contributed by atoms with van der Waals surface area (Å²) >= 11 is 0. The van der Waals surface area contributed by atoms with E-state index in [1.165, 1.54) is 0 Å². The Balaban J connectivity index is 2.75. The van der Waals surface area contributed by atoms with E-state index in [2.05, 4.69) is 0 Å². The predicted octanol–water partition coefficient (Wildman–Crippen LogP) is 0.693. The van der Waals surface area contributed by atoms with Crippen LogP contribution in [-0.4, -0.2) is 12.7 Å². The second-order valence-electron chi connectivity index (χ2n) is 1.32. The molecule has 1 nitrogen and oxygen atoms in total. The van der Waals surface area contributed by atoms with Crippen LogP contribution in [0.2, 0.25) is 0 Å². The van der Waals surface area contributed by atoms with Crippen molar-refractivity contribution in [2.45, 2.75) is 19.4 Å². The first-order valence-corrected chi connectivity index (χ1v) is 2.12. The van der Waals surface area contributed by atoms with Crippen LogP contribution in [0, 0.1) is 0 Å². The molecule has 0 aliphatic rings. The molecule has 0 aromatic carbocycles. The molecular formula is C4H10FN. The minimum absolute atomic E-state index is 0.231. The number of halogens is 1. The number of hydrogen-bond acceptors (Lipinski definition) is 1. The molecule has 0 aliphatic heterocycles. The van der Waals surface area contributed by atoms with Gasteiger partial charge in [0.2, 0.25) is 0 Å². The Bertz CT molecular complexity index is 26.7. The summed E-state index contributed by atoms with van der Waals surface area (Å²) in [5.74, 6) is 0. The summed E-state index contributed by atoms with van der Waals surface area (Å²) in [5.41, 5.74) is 5.10. The number of alkyl halides is 1. The van der Waals surface area contributed by atoms with E-state index in [4.69, 9.17) is 5.73 Å². The molecule has 0 aliphatic carbocycles. The highest BCUT2D eigenvalue weighted by molar-refractivity contribution is 4.52. The standard InChI is InChI=1S/C4H10FN/c1-2-4(6)3-5/h4H,2-3,6H2,1H3/t4-/m0/s1. The Hall–Kier alpha value is -0.110. The molecule has 0 heterocycles. The molecule has 2 heteroatoms. The molecule has 0 bridgehead atoms. The lowest BCUT2D eigenvalue weighted by atomic mass is 10.3. The zero-order valence-electron chi connectivity index (χ0n) is 3.95. The van der Waals surface area contributed by atoms with Crippen LogP contribution < -0.4 is 5.73 Å². The highest BCUT2D eigenvalue weighted by Crippen LogP contribution is 1.83. The third kappa shape index (κ3) is 2.15. The lowest BCUT2D eigenvalue weighted by Gasteiger charge is -1.96. The van der Waals surface area contributed by atoms with Crippen LogP contribution in [0.3, 0.4) is 0 Å². The van der Waals surface area contributed by atoms with Crippen LogP contribution in [0.5, 0.6) is 0 Å². The summed E-state index contributed by atoms with van der Waals surface area (Å²) in [5, 5.41) is 0. The number of hydrogen-bond donors (Lipinski definition) is 1. The highest BCUT2D eigenvalue weighted by atomic mass is 19.1. The van der Waals surface area contributed by atoms with Gasteiger partial charge < -0.3 is 5.73 Å². The van der Waals surface area contributed by atoms with Gasteiger partial charge in [0, 0.05) is 6.04 Å². The summed E-state index contributed by atoms with van der Waals surface area (Å²) < 4.78 is 11.3. The first-order valence-electron chi connectivity index (χ1n) is 2.12. The van der Waals surface area contributed by atoms with Crippen LogP contribution >= 0.6 is 0 Å². The van der Waals surface area contributed by atoms with Crippen molar-refractivity contribution in [3.8, 4) is 0 Å². The number of rotatable bonds is 2. The fourth-order valence-corrected chi connectivity index (χ4v) is 0.109. The predicted molar refractivity (Wildman–Crippen MR) is 24.2 cm³/mol. The number of nitrogens with two attached hydrogens (primary N) is 1. The molecule has 0 spiro atoms. The maximum absolute atomic E-state index is 11.3. The minimum atomic E-state index is -0.392. The summed E-state index contributed by atoms with van der Waals surface area (Å²) in [4.78, 5) is 0. The molecule has 0 saturated carbocycles. The van der Waals surface area contributed by atoms with Gasteiger partial charge in [-0.05, 0) is 6.42 Å². The first kappa shape index (κ1) is 5.89. The van der Waals surface area contributed by atoms with Gasteiger partial charge in [0.05, 0.1) is 0 Å². The van der Waals surface area contributed by atoms with E-state index in [1.807, 2.05) is 6.92 Å². The van der Waals surface area contributed by atoms with Gasteiger partial charge in [-0.25, -0.2) is 4.39 Å². The minimum Gasteiger partial charge on any atom is -0.325 e. The molecule has 0 fully saturated rings. The van der Waals surface area contributed by atoms with Crippen molar-refractivity contribution in [1.29, 1.82) is 0 Å². The lowest BCUT2D eigenvalue weighted by Crippen LogP contribution is -2.20. The average molecular weight is 91.1 g/mol. The molecule has 0 rings (SSSR count). The average Bonchev–Trinajstić information content (AvgIpc) is 1.65. The van der Waals surface area contributed by atoms with Crippen molar-refractivity contribution in [3.05, 3.63) is 0 Å². The van der Waals surface area contributed by atoms with Crippen molar-refractivity contribution in [2.75, 3.05) is 6.67 Å². The first-order chi connectivity index (χ1) is 2.81. The molecule has 2 N–H and O–H groups in total. The summed E-state index contributed by atoms with van der Waals surface area (Å²) in [6, 6.07) is -0.231. The SMILES string of the molecule is CC[C@H](N)CF. The van der Waals surface area contributed by atoms with Gasteiger partial charge in [-0.2, -0.15) is 0 Å². The quantitative estimate of drug-likeness (QED) is 0.531. The van der Waals surface area contributed by atoms with Gasteiger partial charge in [0.1, 0.15) is 6.67 Å². The van der Waals surface area contributed by atoms with Gasteiger partial charge >= 0.3 is 0 Å². The van der Waals surface area contributed by atoms with Crippen molar-refractivity contribution in [2.24, 2.45) is 5.73 Å². The Morgan fingerprint density at radius 2 is 2.33 bits per heavy atom. The van der Waals surface area contributed by atoms with Gasteiger partial charge in [0.25, 0.3) is 0 Å². The lowest BCUT2D eigenvalue weighted by molar-refractivity contribution is 0.422. The molecule has 0 aromatic heterocycles.